The van der Waals surface area contributed by atoms with E-state index in [-0.39, 0.29) is 144 Å². The molecule has 0 aliphatic heterocycles. The summed E-state index contributed by atoms with van der Waals surface area (Å²) >= 11 is 0. The number of Topliss-reactive ketones (excluding diaryl/α,β-unsaturated/α-hetero) is 1. The van der Waals surface area contributed by atoms with Crippen LogP contribution in [0.2, 0.25) is 0 Å². The number of para-hydroxylation sites is 2. The van der Waals surface area contributed by atoms with Gasteiger partial charge < -0.3 is 87.9 Å². The number of nitrogens with zero attached hydrogens (tertiary/aromatic N) is 5. The van der Waals surface area contributed by atoms with Gasteiger partial charge in [0.05, 0.1) is 48.9 Å². The molecule has 0 fully saturated rings. The third-order valence-electron chi connectivity index (χ3n) is 19.9. The number of methoxy groups -OCH3 is 3. The Morgan fingerprint density at radius 2 is 0.662 bits per heavy atom. The van der Waals surface area contributed by atoms with E-state index in [9.17, 15) is 90.9 Å². The molecular weight excluding hydrogens is 1780 g/mol. The minimum atomic E-state index is -1.29. The Kier molecular flexibility index (Phi) is 34.6. The fraction of sp³-hybridized carbons (Fsp3) is 0.170. The van der Waals surface area contributed by atoms with Gasteiger partial charge in [-0.3, -0.25) is 9.59 Å². The lowest BCUT2D eigenvalue weighted by molar-refractivity contribution is -0.145. The number of carbonyl (C=O) groups is 8. The topological polar surface area (TPSA) is 444 Å². The third-order valence-corrected chi connectivity index (χ3v) is 19.9. The van der Waals surface area contributed by atoms with Gasteiger partial charge >= 0.3 is 41.8 Å². The number of aromatic carboxylic acids is 5. The SMILES string of the molecule is COc1ccc(C(=O)COc2cc(C(=O)O)nc3ccc(F)cc23)cc1OC.COc1ccccc1OCCOc1cc(C(=O)O)nc2ccc(F)cc12.Cc1cccc(OCCOc2cc(C(=O)O)nc3ccc(F)cc23)c1C.O=C(O)CCc1ccc(OCCOc2cc(C(=O)O)nc3ccc(F)cc23)cc1.O=C(O)c1cc(OC(CCc2ccccc2)C(=O)O)c2cc(F)ccc2n1. The molecule has 5 aromatic heterocycles. The Balaban J connectivity index is 0.000000163. The molecule has 0 aliphatic rings. The Morgan fingerprint density at radius 1 is 0.316 bits per heavy atom. The predicted molar refractivity (Wildman–Crippen MR) is 484 cm³/mol. The van der Waals surface area contributed by atoms with Crippen LogP contribution in [0, 0.1) is 42.9 Å². The first-order valence-corrected chi connectivity index (χ1v) is 41.1. The summed E-state index contributed by atoms with van der Waals surface area (Å²) in [5.74, 6) is -6.92. The lowest BCUT2D eigenvalue weighted by atomic mass is 10.1. The second kappa shape index (κ2) is 47.5. The average molecular weight is 1870 g/mol. The van der Waals surface area contributed by atoms with E-state index >= 15 is 0 Å². The van der Waals surface area contributed by atoms with Crippen LogP contribution in [0.1, 0.15) is 97.9 Å². The molecule has 36 heteroatoms. The van der Waals surface area contributed by atoms with Crippen molar-refractivity contribution in [2.45, 2.75) is 45.6 Å². The molecule has 136 heavy (non-hydrogen) atoms. The van der Waals surface area contributed by atoms with Crippen LogP contribution < -0.4 is 52.1 Å². The highest BCUT2D eigenvalue weighted by molar-refractivity contribution is 6.00. The molecule has 0 aliphatic carbocycles. The van der Waals surface area contributed by atoms with Crippen molar-refractivity contribution < 1.29 is 148 Å². The van der Waals surface area contributed by atoms with Crippen molar-refractivity contribution >= 4 is 102 Å². The normalized spacial score (nSPS) is 10.9. The Morgan fingerprint density at radius 3 is 1.06 bits per heavy atom. The number of ether oxygens (including phenoxy) is 11. The summed E-state index contributed by atoms with van der Waals surface area (Å²) in [7, 11) is 4.48. The number of carbonyl (C=O) groups excluding carboxylic acids is 1. The smallest absolute Gasteiger partial charge is 0.354 e. The van der Waals surface area contributed by atoms with Gasteiger partial charge in [0.25, 0.3) is 0 Å². The summed E-state index contributed by atoms with van der Waals surface area (Å²) in [5.41, 5.74) is 4.70. The molecule has 0 amide bonds. The molecule has 15 aromatic rings. The lowest BCUT2D eigenvalue weighted by Crippen LogP contribution is -2.28. The number of pyridine rings is 5. The lowest BCUT2D eigenvalue weighted by Gasteiger charge is -2.17. The molecular formula is C100H84F5N5O26. The summed E-state index contributed by atoms with van der Waals surface area (Å²) in [6.45, 7) is 4.66. The number of rotatable bonds is 36. The minimum Gasteiger partial charge on any atom is -0.493 e. The molecule has 7 N–H and O–H groups in total. The monoisotopic (exact) mass is 1870 g/mol. The van der Waals surface area contributed by atoms with Crippen LogP contribution in [0.25, 0.3) is 54.5 Å². The number of carboxylic acids is 7. The Labute approximate surface area is 770 Å². The van der Waals surface area contributed by atoms with Gasteiger partial charge in [0.15, 0.2) is 70.0 Å². The van der Waals surface area contributed by atoms with E-state index in [1.807, 2.05) is 74.5 Å². The van der Waals surface area contributed by atoms with E-state index in [2.05, 4.69) is 24.9 Å². The third kappa shape index (κ3) is 27.6. The van der Waals surface area contributed by atoms with Gasteiger partial charge in [0, 0.05) is 69.2 Å². The molecule has 1 unspecified atom stereocenters. The van der Waals surface area contributed by atoms with E-state index in [4.69, 9.17) is 57.2 Å². The first-order chi connectivity index (χ1) is 65.3. The van der Waals surface area contributed by atoms with Crippen LogP contribution in [0.15, 0.2) is 237 Å². The fourth-order valence-corrected chi connectivity index (χ4v) is 13.1. The summed E-state index contributed by atoms with van der Waals surface area (Å²) in [6.07, 6.45) is -0.0916. The number of benzene rings is 10. The second-order valence-electron chi connectivity index (χ2n) is 29.1. The highest BCUT2D eigenvalue weighted by Gasteiger charge is 2.25. The maximum absolute atomic E-state index is 13.6. The quantitative estimate of drug-likeness (QED) is 0.0109. The van der Waals surface area contributed by atoms with Gasteiger partial charge in [0.1, 0.15) is 109 Å². The number of aliphatic carboxylic acids is 2. The van der Waals surface area contributed by atoms with Crippen molar-refractivity contribution in [3.8, 4) is 63.2 Å². The maximum Gasteiger partial charge on any atom is 0.354 e. The van der Waals surface area contributed by atoms with Gasteiger partial charge in [-0.15, -0.1) is 0 Å². The molecule has 15 rings (SSSR count). The molecule has 10 aromatic carbocycles. The number of fused-ring (bicyclic) bond motifs is 5. The fourth-order valence-electron chi connectivity index (χ4n) is 13.1. The van der Waals surface area contributed by atoms with Crippen molar-refractivity contribution in [1.82, 2.24) is 24.9 Å². The van der Waals surface area contributed by atoms with Crippen molar-refractivity contribution in [3.63, 3.8) is 0 Å². The number of aryl methyl sites for hydroxylation is 3. The van der Waals surface area contributed by atoms with Crippen LogP contribution in [0.4, 0.5) is 22.0 Å². The van der Waals surface area contributed by atoms with Gasteiger partial charge in [0.2, 0.25) is 0 Å². The molecule has 5 heterocycles. The zero-order chi connectivity index (χ0) is 97.6. The van der Waals surface area contributed by atoms with Crippen LogP contribution in [-0.2, 0) is 22.4 Å². The molecule has 1 atom stereocenters. The largest absolute Gasteiger partial charge is 0.493 e. The number of hydrogen-bond donors (Lipinski definition) is 7. The minimum absolute atomic E-state index is 0.0302. The highest BCUT2D eigenvalue weighted by atomic mass is 19.1. The molecule has 31 nitrogen and oxygen atoms in total. The molecule has 0 saturated heterocycles. The van der Waals surface area contributed by atoms with Crippen molar-refractivity contribution in [2.24, 2.45) is 0 Å². The maximum atomic E-state index is 13.6. The Bertz CT molecular complexity index is 6900. The number of carboxylic acid groups (broad SMARTS) is 7. The number of halogens is 5. The van der Waals surface area contributed by atoms with Gasteiger partial charge in [-0.05, 0) is 195 Å². The first-order valence-electron chi connectivity index (χ1n) is 41.1. The van der Waals surface area contributed by atoms with E-state index in [1.165, 1.54) is 117 Å². The molecule has 0 saturated carbocycles. The predicted octanol–water partition coefficient (Wildman–Crippen LogP) is 18.1. The van der Waals surface area contributed by atoms with Crippen LogP contribution in [0.3, 0.4) is 0 Å². The summed E-state index contributed by atoms with van der Waals surface area (Å²) in [5, 5.41) is 65.8. The number of hydrogen-bond acceptors (Lipinski definition) is 24. The standard InChI is InChI=1S/C21H18FNO6.C20H16FNO6.C20H16FNO5.C20H18FNO4.C19H16FNO5/c22-14-4-7-17-16(11-14)19(12-18(23-17)21(26)27)29-10-9-28-15-5-1-13(2-6-15)3-8-20(24)25;1-26-17-6-3-11(7-19(17)27-2)16(23)10-28-18-9-15(20(24)25)22-14-5-4-12(21)8-13(14)18;21-13-7-8-15-14(10-13)18(11-16(22-15)19(23)24)27-17(20(25)26)9-6-12-4-2-1-3-5-12;1-12-4-3-5-18(13(12)2)25-8-9-26-19-11-17(20(23)24)22-16-7-6-14(21)10-15(16)19;1-24-16-4-2-3-5-17(16)25-8-9-26-18-11-15(19(22)23)21-14-7-6-12(20)10-13(14)18/h1-2,4-7,11-12H,3,8-10H2,(H,24,25)(H,26,27);3-9H,10H2,1-2H3,(H,24,25);1-5,7-8,10-11,17H,6,9H2,(H,23,24)(H,25,26);3-7,10-11H,8-9H2,1-2H3,(H,23,24);2-7,10-11H,8-9H2,1H3,(H,22,23). The number of ketones is 1. The number of aromatic nitrogens is 5. The van der Waals surface area contributed by atoms with E-state index < -0.39 is 77.0 Å². The van der Waals surface area contributed by atoms with Gasteiger partial charge in [-0.1, -0.05) is 66.7 Å². The van der Waals surface area contributed by atoms with Crippen molar-refractivity contribution in [1.29, 1.82) is 0 Å². The van der Waals surface area contributed by atoms with Crippen LogP contribution in [0.5, 0.6) is 63.2 Å². The summed E-state index contributed by atoms with van der Waals surface area (Å²) in [6, 6.07) is 59.0. The molecule has 700 valence electrons. The first kappa shape index (κ1) is 99.2. The van der Waals surface area contributed by atoms with Crippen molar-refractivity contribution in [3.05, 3.63) is 322 Å². The van der Waals surface area contributed by atoms with Crippen LogP contribution >= 0.6 is 0 Å². The second-order valence-corrected chi connectivity index (χ2v) is 29.1. The van der Waals surface area contributed by atoms with Gasteiger partial charge in [-0.2, -0.15) is 0 Å². The summed E-state index contributed by atoms with van der Waals surface area (Å²) in [4.78, 5) is 111. The zero-order valence-electron chi connectivity index (χ0n) is 72.9. The average Bonchev–Trinajstić information content (AvgIpc) is 0.435. The molecule has 0 radical (unpaired) electrons. The van der Waals surface area contributed by atoms with Gasteiger partial charge in [-0.25, -0.2) is 75.6 Å². The Hall–Kier alpha value is -17.3. The van der Waals surface area contributed by atoms with E-state index in [1.54, 1.807) is 55.6 Å². The molecule has 0 bridgehead atoms. The zero-order valence-corrected chi connectivity index (χ0v) is 72.9. The molecule has 0 spiro atoms. The van der Waals surface area contributed by atoms with Crippen LogP contribution in [-0.4, -0.2) is 182 Å². The van der Waals surface area contributed by atoms with E-state index in [0.717, 1.165) is 52.3 Å². The summed E-state index contributed by atoms with van der Waals surface area (Å²) < 4.78 is 128. The van der Waals surface area contributed by atoms with Crippen molar-refractivity contribution in [2.75, 3.05) is 67.6 Å². The highest BCUT2D eigenvalue weighted by Crippen LogP contribution is 2.35. The van der Waals surface area contributed by atoms with E-state index in [0.29, 0.717) is 79.9 Å².